The Morgan fingerprint density at radius 2 is 1.03 bits per heavy atom. The van der Waals surface area contributed by atoms with Crippen molar-refractivity contribution in [2.45, 2.75) is 207 Å². The Morgan fingerprint density at radius 1 is 0.617 bits per heavy atom. The van der Waals surface area contributed by atoms with Crippen molar-refractivity contribution in [2.75, 3.05) is 19.8 Å². The average Bonchev–Trinajstić information content (AvgIpc) is 3.75. The fourth-order valence-corrected chi connectivity index (χ4v) is 7.76. The first-order valence-corrected chi connectivity index (χ1v) is 24.4. The molecule has 0 aliphatic rings. The van der Waals surface area contributed by atoms with E-state index < -0.39 is 51.1 Å². The molecule has 2 aromatic rings. The van der Waals surface area contributed by atoms with E-state index in [0.29, 0.717) is 12.8 Å². The number of phosphoric acid groups is 1. The highest BCUT2D eigenvalue weighted by Gasteiger charge is 2.28. The number of aliphatic carboxylic acids is 1. The number of carbonyl (C=O) groups is 3. The van der Waals surface area contributed by atoms with Crippen LogP contribution in [0.1, 0.15) is 189 Å². The number of unbranched alkanes of at least 4 members (excludes halogenated alkanes) is 16. The van der Waals surface area contributed by atoms with Crippen LogP contribution < -0.4 is 5.73 Å². The topological polar surface area (TPSA) is 198 Å². The number of ether oxygens (including phenoxy) is 2. The first-order chi connectivity index (χ1) is 28.8. The molecule has 2 rings (SSSR count). The normalized spacial score (nSPS) is 13.6. The van der Waals surface area contributed by atoms with Crippen molar-refractivity contribution < 1.29 is 56.3 Å². The summed E-state index contributed by atoms with van der Waals surface area (Å²) >= 11 is 0. The van der Waals surface area contributed by atoms with Crippen LogP contribution in [0.15, 0.2) is 21.0 Å². The maximum atomic E-state index is 12.7. The maximum Gasteiger partial charge on any atom is 0.472 e. The van der Waals surface area contributed by atoms with E-state index in [-0.39, 0.29) is 19.4 Å². The molecule has 0 bridgehead atoms. The molecule has 0 aliphatic carbocycles. The third kappa shape index (κ3) is 25.1. The zero-order valence-electron chi connectivity index (χ0n) is 37.3. The minimum absolute atomic E-state index is 0.134. The number of hydrogen-bond acceptors (Lipinski definition) is 11. The van der Waals surface area contributed by atoms with Crippen LogP contribution in [0.5, 0.6) is 0 Å². The van der Waals surface area contributed by atoms with Gasteiger partial charge in [-0.25, -0.2) is 4.57 Å². The fraction of sp³-hybridized carbons (Fsp3) is 0.761. The van der Waals surface area contributed by atoms with E-state index in [4.69, 9.17) is 33.7 Å². The van der Waals surface area contributed by atoms with Crippen LogP contribution in [0, 0.1) is 13.8 Å². The van der Waals surface area contributed by atoms with Crippen LogP contribution in [-0.2, 0) is 63.2 Å². The molecule has 344 valence electrons. The van der Waals surface area contributed by atoms with Gasteiger partial charge in [0.15, 0.2) is 6.10 Å². The van der Waals surface area contributed by atoms with Crippen molar-refractivity contribution in [3.63, 3.8) is 0 Å². The van der Waals surface area contributed by atoms with Crippen molar-refractivity contribution in [2.24, 2.45) is 5.73 Å². The number of carboxylic acids is 1. The van der Waals surface area contributed by atoms with Gasteiger partial charge in [-0.05, 0) is 75.6 Å². The Labute approximate surface area is 359 Å². The van der Waals surface area contributed by atoms with Gasteiger partial charge in [-0.1, -0.05) is 104 Å². The summed E-state index contributed by atoms with van der Waals surface area (Å²) in [5.74, 6) is 1.97. The van der Waals surface area contributed by atoms with Gasteiger partial charge in [0.05, 0.1) is 13.2 Å². The number of nitrogens with two attached hydrogens (primary N) is 1. The van der Waals surface area contributed by atoms with Gasteiger partial charge in [0.25, 0.3) is 0 Å². The maximum absolute atomic E-state index is 12.7. The predicted molar refractivity (Wildman–Crippen MR) is 233 cm³/mol. The molecule has 0 saturated heterocycles. The van der Waals surface area contributed by atoms with Crippen LogP contribution >= 0.6 is 7.82 Å². The number of esters is 2. The molecule has 14 heteroatoms. The Hall–Kier alpha value is -2.96. The van der Waals surface area contributed by atoms with E-state index in [1.807, 2.05) is 0 Å². The van der Waals surface area contributed by atoms with Crippen molar-refractivity contribution in [1.29, 1.82) is 0 Å². The number of hydrogen-bond donors (Lipinski definition) is 3. The Morgan fingerprint density at radius 3 is 1.50 bits per heavy atom. The van der Waals surface area contributed by atoms with Gasteiger partial charge in [0, 0.05) is 38.5 Å². The monoisotopic (exact) mass is 868 g/mol. The third-order valence-corrected chi connectivity index (χ3v) is 11.6. The summed E-state index contributed by atoms with van der Waals surface area (Å²) < 4.78 is 45.0. The van der Waals surface area contributed by atoms with Crippen molar-refractivity contribution in [3.05, 3.63) is 46.3 Å². The van der Waals surface area contributed by atoms with Crippen LogP contribution in [0.4, 0.5) is 0 Å². The predicted octanol–water partition coefficient (Wildman–Crippen LogP) is 11.0. The molecule has 0 saturated carbocycles. The molecule has 4 N–H and O–H groups in total. The zero-order chi connectivity index (χ0) is 44.0. The van der Waals surface area contributed by atoms with Gasteiger partial charge in [-0.15, -0.1) is 0 Å². The summed E-state index contributed by atoms with van der Waals surface area (Å²) in [6, 6.07) is 2.83. The van der Waals surface area contributed by atoms with Crippen molar-refractivity contribution >= 4 is 25.7 Å². The Balaban J connectivity index is 1.65. The van der Waals surface area contributed by atoms with Crippen LogP contribution in [0.2, 0.25) is 0 Å². The number of aryl methyl sites for hydroxylation is 6. The van der Waals surface area contributed by atoms with Gasteiger partial charge in [-0.3, -0.25) is 23.4 Å². The highest BCUT2D eigenvalue weighted by molar-refractivity contribution is 7.47. The standard InChI is InChI=1S/C46H78NO12P/c1-5-7-19-25-38-31-36(3)42(57-38)27-21-15-11-9-10-12-18-24-30-45(49)59-40(34-55-60(52,53)56-35-41(47)46(50)51)33-54-44(48)29-23-17-14-13-16-22-28-43-37(4)32-39(58-43)26-20-8-6-2/h31-32,40-41H,5-30,33-35,47H2,1-4H3,(H,50,51)(H,52,53). The van der Waals surface area contributed by atoms with Gasteiger partial charge in [-0.2, -0.15) is 0 Å². The number of furan rings is 2. The van der Waals surface area contributed by atoms with E-state index in [0.717, 1.165) is 132 Å². The molecule has 2 aromatic heterocycles. The molecule has 0 aromatic carbocycles. The lowest BCUT2D eigenvalue weighted by Crippen LogP contribution is -2.34. The lowest BCUT2D eigenvalue weighted by atomic mass is 10.1. The minimum atomic E-state index is -4.74. The largest absolute Gasteiger partial charge is 0.480 e. The summed E-state index contributed by atoms with van der Waals surface area (Å²) in [4.78, 5) is 46.2. The van der Waals surface area contributed by atoms with E-state index >= 15 is 0 Å². The summed E-state index contributed by atoms with van der Waals surface area (Å²) in [5.41, 5.74) is 7.83. The summed E-state index contributed by atoms with van der Waals surface area (Å²) in [7, 11) is -4.74. The SMILES string of the molecule is CCCCCc1cc(C)c(CCCCCCCCCCC(=O)OC(COC(=O)CCCCCCCCc2oc(CCCCC)cc2C)COP(=O)(O)OCC(N)C(=O)O)o1. The third-order valence-electron chi connectivity index (χ3n) is 10.7. The van der Waals surface area contributed by atoms with Gasteiger partial charge in [0.1, 0.15) is 35.7 Å². The van der Waals surface area contributed by atoms with Crippen LogP contribution in [0.3, 0.4) is 0 Å². The van der Waals surface area contributed by atoms with E-state index in [9.17, 15) is 23.8 Å². The lowest BCUT2D eigenvalue weighted by molar-refractivity contribution is -0.161. The van der Waals surface area contributed by atoms with Gasteiger partial charge < -0.3 is 34.0 Å². The molecule has 3 unspecified atom stereocenters. The molecule has 0 spiro atoms. The molecular formula is C46H78NO12P. The summed E-state index contributed by atoms with van der Waals surface area (Å²) in [5, 5.41) is 8.92. The highest BCUT2D eigenvalue weighted by Crippen LogP contribution is 2.43. The molecule has 3 atom stereocenters. The molecular weight excluding hydrogens is 789 g/mol. The van der Waals surface area contributed by atoms with Crippen LogP contribution in [0.25, 0.3) is 0 Å². The molecule has 0 fully saturated rings. The van der Waals surface area contributed by atoms with Crippen molar-refractivity contribution in [1.82, 2.24) is 0 Å². The average molecular weight is 868 g/mol. The number of carboxylic acid groups (broad SMARTS) is 1. The second-order valence-electron chi connectivity index (χ2n) is 16.3. The Bertz CT molecular complexity index is 1520. The highest BCUT2D eigenvalue weighted by atomic mass is 31.2. The molecule has 0 radical (unpaired) electrons. The van der Waals surface area contributed by atoms with Gasteiger partial charge in [0.2, 0.25) is 0 Å². The first-order valence-electron chi connectivity index (χ1n) is 22.9. The first kappa shape index (κ1) is 53.2. The number of rotatable bonds is 38. The number of phosphoric ester groups is 1. The van der Waals surface area contributed by atoms with Crippen LogP contribution in [-0.4, -0.2) is 59.9 Å². The quantitative estimate of drug-likeness (QED) is 0.0328. The number of carbonyl (C=O) groups excluding carboxylic acids is 2. The molecule has 0 amide bonds. The fourth-order valence-electron chi connectivity index (χ4n) is 6.98. The summed E-state index contributed by atoms with van der Waals surface area (Å²) in [6.45, 7) is 6.91. The summed E-state index contributed by atoms with van der Waals surface area (Å²) in [6.07, 6.45) is 24.0. The minimum Gasteiger partial charge on any atom is -0.480 e. The second kappa shape index (κ2) is 31.8. The van der Waals surface area contributed by atoms with Gasteiger partial charge >= 0.3 is 25.7 Å². The zero-order valence-corrected chi connectivity index (χ0v) is 38.2. The molecule has 60 heavy (non-hydrogen) atoms. The molecule has 0 aliphatic heterocycles. The smallest absolute Gasteiger partial charge is 0.472 e. The lowest BCUT2D eigenvalue weighted by Gasteiger charge is -2.20. The van der Waals surface area contributed by atoms with E-state index in [2.05, 4.69) is 44.4 Å². The molecule has 2 heterocycles. The molecule has 13 nitrogen and oxygen atoms in total. The van der Waals surface area contributed by atoms with Crippen molar-refractivity contribution in [3.8, 4) is 0 Å². The second-order valence-corrected chi connectivity index (χ2v) is 17.8. The van der Waals surface area contributed by atoms with E-state index in [1.165, 1.54) is 43.2 Å². The van der Waals surface area contributed by atoms with E-state index in [1.54, 1.807) is 0 Å². The Kier molecular flexibility index (Phi) is 28.2.